The molecule has 28 heavy (non-hydrogen) atoms. The molecule has 4 aromatic rings. The molecule has 2 heterocycles. The number of hydrogen-bond donors (Lipinski definition) is 1. The molecule has 1 amide bonds. The van der Waals surface area contributed by atoms with Crippen LogP contribution in [0.1, 0.15) is 21.3 Å². The van der Waals surface area contributed by atoms with Gasteiger partial charge in [-0.2, -0.15) is 0 Å². The van der Waals surface area contributed by atoms with Crippen molar-refractivity contribution in [1.29, 1.82) is 0 Å². The molecule has 1 unspecified atom stereocenters. The molecule has 0 aliphatic carbocycles. The van der Waals surface area contributed by atoms with Gasteiger partial charge in [-0.15, -0.1) is 11.3 Å². The second-order valence-electron chi connectivity index (χ2n) is 6.33. The molecule has 0 bridgehead atoms. The maximum Gasteiger partial charge on any atom is 0.251 e. The average Bonchev–Trinajstić information content (AvgIpc) is 3.28. The summed E-state index contributed by atoms with van der Waals surface area (Å²) in [5.74, 6) is -0.122. The van der Waals surface area contributed by atoms with Crippen molar-refractivity contribution in [2.45, 2.75) is 6.10 Å². The highest BCUT2D eigenvalue weighted by Crippen LogP contribution is 2.24. The van der Waals surface area contributed by atoms with E-state index in [0.29, 0.717) is 12.1 Å². The molecule has 5 nitrogen and oxygen atoms in total. The van der Waals surface area contributed by atoms with Crippen LogP contribution in [0.2, 0.25) is 0 Å². The van der Waals surface area contributed by atoms with E-state index < -0.39 is 0 Å². The SMILES string of the molecule is COC(CNC(=O)c1cccc(-c2ccc3cncnc3c2)c1)c1cccs1. The molecule has 140 valence electrons. The smallest absolute Gasteiger partial charge is 0.251 e. The minimum atomic E-state index is -0.146. The first kappa shape index (κ1) is 18.3. The van der Waals surface area contributed by atoms with Crippen molar-refractivity contribution >= 4 is 28.1 Å². The number of aromatic nitrogens is 2. The number of ether oxygens (including phenoxy) is 1. The molecule has 0 saturated heterocycles. The number of rotatable bonds is 6. The van der Waals surface area contributed by atoms with Crippen molar-refractivity contribution < 1.29 is 9.53 Å². The van der Waals surface area contributed by atoms with Crippen LogP contribution in [-0.2, 0) is 4.74 Å². The second-order valence-corrected chi connectivity index (χ2v) is 7.31. The highest BCUT2D eigenvalue weighted by Gasteiger charge is 2.14. The summed E-state index contributed by atoms with van der Waals surface area (Å²) in [6.45, 7) is 0.424. The molecule has 4 rings (SSSR count). The topological polar surface area (TPSA) is 64.1 Å². The van der Waals surface area contributed by atoms with Gasteiger partial charge in [-0.3, -0.25) is 4.79 Å². The van der Waals surface area contributed by atoms with Gasteiger partial charge in [0.15, 0.2) is 0 Å². The maximum atomic E-state index is 12.6. The van der Waals surface area contributed by atoms with Crippen LogP contribution >= 0.6 is 11.3 Å². The quantitative estimate of drug-likeness (QED) is 0.528. The third-order valence-corrected chi connectivity index (χ3v) is 5.52. The minimum Gasteiger partial charge on any atom is -0.374 e. The van der Waals surface area contributed by atoms with E-state index in [4.69, 9.17) is 4.74 Å². The lowest BCUT2D eigenvalue weighted by atomic mass is 10.0. The molecule has 0 fully saturated rings. The van der Waals surface area contributed by atoms with Gasteiger partial charge < -0.3 is 10.1 Å². The van der Waals surface area contributed by atoms with Crippen LogP contribution in [0.4, 0.5) is 0 Å². The van der Waals surface area contributed by atoms with Gasteiger partial charge in [-0.25, -0.2) is 9.97 Å². The molecule has 0 aliphatic heterocycles. The monoisotopic (exact) mass is 389 g/mol. The van der Waals surface area contributed by atoms with Gasteiger partial charge in [0, 0.05) is 35.7 Å². The summed E-state index contributed by atoms with van der Waals surface area (Å²) in [5.41, 5.74) is 3.46. The number of amides is 1. The third kappa shape index (κ3) is 3.93. The van der Waals surface area contributed by atoms with Gasteiger partial charge in [0.1, 0.15) is 12.4 Å². The molecule has 0 radical (unpaired) electrons. The van der Waals surface area contributed by atoms with Crippen LogP contribution in [0.5, 0.6) is 0 Å². The van der Waals surface area contributed by atoms with Crippen molar-refractivity contribution in [2.75, 3.05) is 13.7 Å². The van der Waals surface area contributed by atoms with Crippen LogP contribution < -0.4 is 5.32 Å². The Hall–Kier alpha value is -3.09. The fraction of sp³-hybridized carbons (Fsp3) is 0.136. The maximum absolute atomic E-state index is 12.6. The van der Waals surface area contributed by atoms with Crippen molar-refractivity contribution in [3.63, 3.8) is 0 Å². The number of nitrogens with zero attached hydrogens (tertiary/aromatic N) is 2. The Kier molecular flexibility index (Phi) is 5.41. The van der Waals surface area contributed by atoms with Gasteiger partial charge in [0.25, 0.3) is 5.91 Å². The van der Waals surface area contributed by atoms with Crippen LogP contribution in [0.15, 0.2) is 72.5 Å². The highest BCUT2D eigenvalue weighted by atomic mass is 32.1. The van der Waals surface area contributed by atoms with Gasteiger partial charge in [-0.1, -0.05) is 30.3 Å². The molecular weight excluding hydrogens is 370 g/mol. The number of benzene rings is 2. The zero-order valence-corrected chi connectivity index (χ0v) is 16.1. The molecule has 0 saturated carbocycles. The van der Waals surface area contributed by atoms with E-state index in [1.807, 2.05) is 60.0 Å². The fourth-order valence-electron chi connectivity index (χ4n) is 3.06. The minimum absolute atomic E-state index is 0.122. The van der Waals surface area contributed by atoms with Crippen LogP contribution in [0, 0.1) is 0 Å². The summed E-state index contributed by atoms with van der Waals surface area (Å²) in [4.78, 5) is 22.1. The predicted molar refractivity (Wildman–Crippen MR) is 111 cm³/mol. The van der Waals surface area contributed by atoms with Crippen molar-refractivity contribution in [1.82, 2.24) is 15.3 Å². The van der Waals surface area contributed by atoms with E-state index >= 15 is 0 Å². The van der Waals surface area contributed by atoms with E-state index in [-0.39, 0.29) is 12.0 Å². The summed E-state index contributed by atoms with van der Waals surface area (Å²) in [7, 11) is 1.65. The average molecular weight is 389 g/mol. The number of hydrogen-bond acceptors (Lipinski definition) is 5. The summed E-state index contributed by atoms with van der Waals surface area (Å²) in [6.07, 6.45) is 3.18. The lowest BCUT2D eigenvalue weighted by Crippen LogP contribution is -2.28. The lowest BCUT2D eigenvalue weighted by molar-refractivity contribution is 0.0837. The standard InChI is InChI=1S/C22H19N3O2S/c1-27-20(21-6-3-9-28-21)13-24-22(26)17-5-2-4-15(10-17)16-7-8-18-12-23-14-25-19(18)11-16/h2-12,14,20H,13H2,1H3,(H,24,26). The second kappa shape index (κ2) is 8.29. The van der Waals surface area contributed by atoms with E-state index in [1.54, 1.807) is 24.6 Å². The summed E-state index contributed by atoms with van der Waals surface area (Å²) in [6, 6.07) is 17.6. The molecule has 1 N–H and O–H groups in total. The third-order valence-electron chi connectivity index (χ3n) is 4.56. The Labute approximate surface area is 167 Å². The zero-order valence-electron chi connectivity index (χ0n) is 15.3. The zero-order chi connectivity index (χ0) is 19.3. The van der Waals surface area contributed by atoms with Crippen LogP contribution in [0.25, 0.3) is 22.0 Å². The van der Waals surface area contributed by atoms with Crippen LogP contribution in [-0.4, -0.2) is 29.5 Å². The molecule has 6 heteroatoms. The molecule has 2 aromatic heterocycles. The highest BCUT2D eigenvalue weighted by molar-refractivity contribution is 7.10. The van der Waals surface area contributed by atoms with Gasteiger partial charge in [0.2, 0.25) is 0 Å². The predicted octanol–water partition coefficient (Wildman–Crippen LogP) is 4.48. The Morgan fingerprint density at radius 2 is 2.04 bits per heavy atom. The summed E-state index contributed by atoms with van der Waals surface area (Å²) >= 11 is 1.62. The number of methoxy groups -OCH3 is 1. The van der Waals surface area contributed by atoms with Crippen molar-refractivity contribution in [3.8, 4) is 11.1 Å². The first-order chi connectivity index (χ1) is 13.7. The van der Waals surface area contributed by atoms with Crippen LogP contribution in [0.3, 0.4) is 0 Å². The number of carbonyl (C=O) groups is 1. The van der Waals surface area contributed by atoms with E-state index in [9.17, 15) is 4.79 Å². The first-order valence-corrected chi connectivity index (χ1v) is 9.77. The Balaban J connectivity index is 1.51. The van der Waals surface area contributed by atoms with Gasteiger partial charge >= 0.3 is 0 Å². The molecule has 2 aromatic carbocycles. The Morgan fingerprint density at radius 1 is 1.14 bits per heavy atom. The largest absolute Gasteiger partial charge is 0.374 e. The molecule has 0 aliphatic rings. The molecular formula is C22H19N3O2S. The number of carbonyl (C=O) groups excluding carboxylic acids is 1. The molecule has 1 atom stereocenters. The fourth-order valence-corrected chi connectivity index (χ4v) is 3.86. The summed E-state index contributed by atoms with van der Waals surface area (Å²) in [5, 5.41) is 5.96. The number of nitrogens with one attached hydrogen (secondary N) is 1. The Bertz CT molecular complexity index is 1100. The normalized spacial score (nSPS) is 12.0. The first-order valence-electron chi connectivity index (χ1n) is 8.89. The van der Waals surface area contributed by atoms with E-state index in [0.717, 1.165) is 26.9 Å². The Morgan fingerprint density at radius 3 is 2.86 bits per heavy atom. The lowest BCUT2D eigenvalue weighted by Gasteiger charge is -2.15. The van der Waals surface area contributed by atoms with Gasteiger partial charge in [0.05, 0.1) is 5.52 Å². The number of thiophene rings is 1. The summed E-state index contributed by atoms with van der Waals surface area (Å²) < 4.78 is 5.50. The van der Waals surface area contributed by atoms with E-state index in [1.165, 1.54) is 6.33 Å². The van der Waals surface area contributed by atoms with Crippen molar-refractivity contribution in [3.05, 3.63) is 82.9 Å². The van der Waals surface area contributed by atoms with Crippen molar-refractivity contribution in [2.24, 2.45) is 0 Å². The van der Waals surface area contributed by atoms with Gasteiger partial charge in [-0.05, 0) is 40.8 Å². The molecule has 0 spiro atoms. The number of fused-ring (bicyclic) bond motifs is 1. The van der Waals surface area contributed by atoms with E-state index in [2.05, 4.69) is 15.3 Å².